The molecule has 6 heteroatoms. The quantitative estimate of drug-likeness (QED) is 0.411. The van der Waals surface area contributed by atoms with Crippen molar-refractivity contribution in [2.75, 3.05) is 14.2 Å². The maximum absolute atomic E-state index is 14.3. The molecule has 1 saturated carbocycles. The number of halogens is 1. The fourth-order valence-corrected chi connectivity index (χ4v) is 5.86. The number of carbonyl (C=O) groups is 2. The third-order valence-electron chi connectivity index (χ3n) is 7.90. The average molecular weight is 501 g/mol. The van der Waals surface area contributed by atoms with Gasteiger partial charge in [-0.2, -0.15) is 0 Å². The van der Waals surface area contributed by atoms with Gasteiger partial charge in [-0.15, -0.1) is 0 Å². The lowest BCUT2D eigenvalue weighted by atomic mass is 9.78. The highest BCUT2D eigenvalue weighted by molar-refractivity contribution is 6.01. The standard InChI is InChI=1S/C31H33FN2O3/c1-33(24-8-4-3-5-9-24)31(36)28-26-10-6-7-11-27(26)30(35)34(20-21-12-16-23(32)17-13-21)29(28)22-14-18-25(37-2)19-15-22/h6-7,10-19,24,28-29H,3-5,8-9,20H2,1-2H3. The Bertz CT molecular complexity index is 1250. The highest BCUT2D eigenvalue weighted by Crippen LogP contribution is 2.45. The number of nitrogens with zero attached hydrogens (tertiary/aromatic N) is 2. The van der Waals surface area contributed by atoms with E-state index in [1.54, 1.807) is 30.2 Å². The number of benzene rings is 3. The van der Waals surface area contributed by atoms with Crippen molar-refractivity contribution >= 4 is 11.8 Å². The largest absolute Gasteiger partial charge is 0.497 e. The summed E-state index contributed by atoms with van der Waals surface area (Å²) in [6.45, 7) is 0.265. The Kier molecular flexibility index (Phi) is 7.26. The van der Waals surface area contributed by atoms with Gasteiger partial charge in [-0.25, -0.2) is 4.39 Å². The Hall–Kier alpha value is -3.67. The number of methoxy groups -OCH3 is 1. The Morgan fingerprint density at radius 1 is 0.973 bits per heavy atom. The van der Waals surface area contributed by atoms with Crippen molar-refractivity contribution in [2.24, 2.45) is 0 Å². The summed E-state index contributed by atoms with van der Waals surface area (Å²) < 4.78 is 19.0. The van der Waals surface area contributed by atoms with Crippen LogP contribution in [0.1, 0.15) is 71.1 Å². The van der Waals surface area contributed by atoms with Gasteiger partial charge in [0, 0.05) is 25.2 Å². The van der Waals surface area contributed by atoms with Gasteiger partial charge in [0.05, 0.1) is 19.1 Å². The molecule has 5 nitrogen and oxygen atoms in total. The second kappa shape index (κ2) is 10.8. The van der Waals surface area contributed by atoms with Crippen molar-refractivity contribution in [1.82, 2.24) is 9.80 Å². The zero-order valence-electron chi connectivity index (χ0n) is 21.4. The molecule has 0 spiro atoms. The van der Waals surface area contributed by atoms with Crippen LogP contribution in [0.5, 0.6) is 5.75 Å². The number of likely N-dealkylation sites (N-methyl/N-ethyl adjacent to an activating group) is 1. The van der Waals surface area contributed by atoms with Crippen LogP contribution in [-0.4, -0.2) is 41.8 Å². The van der Waals surface area contributed by atoms with Crippen LogP contribution in [0.25, 0.3) is 0 Å². The third-order valence-corrected chi connectivity index (χ3v) is 7.90. The van der Waals surface area contributed by atoms with Crippen LogP contribution in [-0.2, 0) is 11.3 Å². The predicted molar refractivity (Wildman–Crippen MR) is 141 cm³/mol. The zero-order valence-corrected chi connectivity index (χ0v) is 21.4. The van der Waals surface area contributed by atoms with E-state index in [9.17, 15) is 14.0 Å². The summed E-state index contributed by atoms with van der Waals surface area (Å²) in [7, 11) is 3.52. The molecule has 5 rings (SSSR count). The first-order valence-electron chi connectivity index (χ1n) is 13.0. The molecule has 1 fully saturated rings. The number of fused-ring (bicyclic) bond motifs is 1. The summed E-state index contributed by atoms with van der Waals surface area (Å²) in [5, 5.41) is 0. The van der Waals surface area contributed by atoms with E-state index in [4.69, 9.17) is 4.74 Å². The minimum absolute atomic E-state index is 0.0248. The van der Waals surface area contributed by atoms with Crippen LogP contribution >= 0.6 is 0 Å². The zero-order chi connectivity index (χ0) is 25.9. The summed E-state index contributed by atoms with van der Waals surface area (Å²) in [6, 6.07) is 20.9. The molecule has 1 heterocycles. The van der Waals surface area contributed by atoms with E-state index < -0.39 is 12.0 Å². The van der Waals surface area contributed by atoms with Gasteiger partial charge in [0.15, 0.2) is 0 Å². The van der Waals surface area contributed by atoms with Crippen LogP contribution in [0.3, 0.4) is 0 Å². The predicted octanol–water partition coefficient (Wildman–Crippen LogP) is 6.11. The molecule has 37 heavy (non-hydrogen) atoms. The third kappa shape index (κ3) is 4.97. The number of hydrogen-bond acceptors (Lipinski definition) is 3. The average Bonchev–Trinajstić information content (AvgIpc) is 2.95. The second-order valence-electron chi connectivity index (χ2n) is 10.1. The number of ether oxygens (including phenoxy) is 1. The lowest BCUT2D eigenvalue weighted by Gasteiger charge is -2.44. The fourth-order valence-electron chi connectivity index (χ4n) is 5.86. The molecular formula is C31H33FN2O3. The van der Waals surface area contributed by atoms with Crippen LogP contribution in [0.4, 0.5) is 4.39 Å². The van der Waals surface area contributed by atoms with Gasteiger partial charge in [-0.1, -0.05) is 61.7 Å². The van der Waals surface area contributed by atoms with Crippen molar-refractivity contribution in [1.29, 1.82) is 0 Å². The van der Waals surface area contributed by atoms with Gasteiger partial charge in [-0.3, -0.25) is 9.59 Å². The van der Waals surface area contributed by atoms with Crippen molar-refractivity contribution in [3.63, 3.8) is 0 Å². The Balaban J connectivity index is 1.62. The SMILES string of the molecule is COc1ccc(C2C(C(=O)N(C)C3CCCCC3)c3ccccc3C(=O)N2Cc2ccc(F)cc2)cc1. The van der Waals surface area contributed by atoms with Gasteiger partial charge in [0.2, 0.25) is 5.91 Å². The molecule has 2 atom stereocenters. The molecule has 0 bridgehead atoms. The first-order valence-corrected chi connectivity index (χ1v) is 13.0. The fraction of sp³-hybridized carbons (Fsp3) is 0.355. The van der Waals surface area contributed by atoms with Crippen LogP contribution in [0, 0.1) is 5.82 Å². The summed E-state index contributed by atoms with van der Waals surface area (Å²) >= 11 is 0. The molecule has 0 radical (unpaired) electrons. The van der Waals surface area contributed by atoms with Gasteiger partial charge in [-0.05, 0) is 59.9 Å². The Morgan fingerprint density at radius 2 is 1.65 bits per heavy atom. The lowest BCUT2D eigenvalue weighted by Crippen LogP contribution is -2.49. The van der Waals surface area contributed by atoms with E-state index >= 15 is 0 Å². The van der Waals surface area contributed by atoms with E-state index in [-0.39, 0.29) is 30.2 Å². The second-order valence-corrected chi connectivity index (χ2v) is 10.1. The van der Waals surface area contributed by atoms with Crippen molar-refractivity contribution in [2.45, 2.75) is 56.7 Å². The van der Waals surface area contributed by atoms with E-state index in [2.05, 4.69) is 0 Å². The van der Waals surface area contributed by atoms with Crippen molar-refractivity contribution < 1.29 is 18.7 Å². The molecule has 2 unspecified atom stereocenters. The molecule has 2 amide bonds. The van der Waals surface area contributed by atoms with E-state index in [1.807, 2.05) is 54.4 Å². The smallest absolute Gasteiger partial charge is 0.255 e. The summed E-state index contributed by atoms with van der Waals surface area (Å²) in [5.41, 5.74) is 2.97. The maximum Gasteiger partial charge on any atom is 0.255 e. The first-order chi connectivity index (χ1) is 18.0. The number of hydrogen-bond donors (Lipinski definition) is 0. The number of amides is 2. The summed E-state index contributed by atoms with van der Waals surface area (Å²) in [5.74, 6) is -0.289. The van der Waals surface area contributed by atoms with Gasteiger partial charge >= 0.3 is 0 Å². The Morgan fingerprint density at radius 3 is 2.32 bits per heavy atom. The van der Waals surface area contributed by atoms with Crippen LogP contribution < -0.4 is 4.74 Å². The summed E-state index contributed by atoms with van der Waals surface area (Å²) in [4.78, 5) is 32.0. The van der Waals surface area contributed by atoms with Gasteiger partial charge in [0.1, 0.15) is 11.6 Å². The molecule has 192 valence electrons. The molecule has 1 aliphatic carbocycles. The van der Waals surface area contributed by atoms with Crippen LogP contribution in [0.2, 0.25) is 0 Å². The molecule has 0 aromatic heterocycles. The highest BCUT2D eigenvalue weighted by atomic mass is 19.1. The maximum atomic E-state index is 14.3. The molecule has 3 aromatic carbocycles. The normalized spacial score (nSPS) is 19.9. The minimum atomic E-state index is -0.560. The van der Waals surface area contributed by atoms with Gasteiger partial charge < -0.3 is 14.5 Å². The molecule has 1 aliphatic heterocycles. The molecule has 0 saturated heterocycles. The molecule has 0 N–H and O–H groups in total. The minimum Gasteiger partial charge on any atom is -0.497 e. The lowest BCUT2D eigenvalue weighted by molar-refractivity contribution is -0.136. The summed E-state index contributed by atoms with van der Waals surface area (Å²) in [6.07, 6.45) is 5.46. The molecular weight excluding hydrogens is 467 g/mol. The Labute approximate surface area is 217 Å². The monoisotopic (exact) mass is 500 g/mol. The van der Waals surface area contributed by atoms with E-state index in [0.717, 1.165) is 42.4 Å². The number of rotatable bonds is 6. The first kappa shape index (κ1) is 25.0. The van der Waals surface area contributed by atoms with E-state index in [0.29, 0.717) is 11.3 Å². The van der Waals surface area contributed by atoms with Crippen LogP contribution in [0.15, 0.2) is 72.8 Å². The van der Waals surface area contributed by atoms with E-state index in [1.165, 1.54) is 18.6 Å². The molecule has 3 aromatic rings. The van der Waals surface area contributed by atoms with Crippen molar-refractivity contribution in [3.8, 4) is 5.75 Å². The van der Waals surface area contributed by atoms with Crippen molar-refractivity contribution in [3.05, 3.63) is 101 Å². The number of carbonyl (C=O) groups excluding carboxylic acids is 2. The highest BCUT2D eigenvalue weighted by Gasteiger charge is 2.45. The molecule has 2 aliphatic rings. The topological polar surface area (TPSA) is 49.9 Å². The van der Waals surface area contributed by atoms with Gasteiger partial charge in [0.25, 0.3) is 5.91 Å².